The molecular weight excluding hydrogens is 348 g/mol. The summed E-state index contributed by atoms with van der Waals surface area (Å²) in [7, 11) is 1.95. The van der Waals surface area contributed by atoms with Crippen molar-refractivity contribution < 1.29 is 0 Å². The van der Waals surface area contributed by atoms with Gasteiger partial charge in [-0.05, 0) is 49.3 Å². The molecule has 0 bridgehead atoms. The van der Waals surface area contributed by atoms with Crippen LogP contribution in [0.5, 0.6) is 0 Å². The first kappa shape index (κ1) is 18.3. The molecule has 0 saturated heterocycles. The van der Waals surface area contributed by atoms with Crippen molar-refractivity contribution in [3.8, 4) is 12.1 Å². The van der Waals surface area contributed by atoms with Crippen LogP contribution in [0.3, 0.4) is 0 Å². The zero-order valence-corrected chi connectivity index (χ0v) is 16.3. The number of nitrogens with zero attached hydrogens (tertiary/aromatic N) is 6. The molecule has 28 heavy (non-hydrogen) atoms. The maximum absolute atomic E-state index is 9.83. The molecule has 0 spiro atoms. The second-order valence-electron chi connectivity index (χ2n) is 7.51. The van der Waals surface area contributed by atoms with E-state index in [1.165, 1.54) is 18.4 Å². The van der Waals surface area contributed by atoms with Crippen LogP contribution in [-0.4, -0.2) is 27.9 Å². The van der Waals surface area contributed by atoms with E-state index in [4.69, 9.17) is 4.98 Å². The van der Waals surface area contributed by atoms with E-state index in [9.17, 15) is 10.5 Å². The molecule has 0 N–H and O–H groups in total. The highest BCUT2D eigenvalue weighted by molar-refractivity contribution is 5.69. The Morgan fingerprint density at radius 2 is 1.79 bits per heavy atom. The lowest BCUT2D eigenvalue weighted by Gasteiger charge is -2.29. The number of hydrogen-bond acceptors (Lipinski definition) is 5. The van der Waals surface area contributed by atoms with Crippen molar-refractivity contribution in [3.05, 3.63) is 46.4 Å². The first-order valence-corrected chi connectivity index (χ1v) is 10.0. The molecule has 2 aromatic heterocycles. The summed E-state index contributed by atoms with van der Waals surface area (Å²) in [5.41, 5.74) is 5.41. The zero-order valence-electron chi connectivity index (χ0n) is 16.3. The molecule has 0 fully saturated rings. The van der Waals surface area contributed by atoms with Gasteiger partial charge in [-0.1, -0.05) is 18.9 Å². The summed E-state index contributed by atoms with van der Waals surface area (Å²) >= 11 is 0. The van der Waals surface area contributed by atoms with Crippen molar-refractivity contribution in [2.75, 3.05) is 18.0 Å². The molecule has 1 aliphatic carbocycles. The number of aryl methyl sites for hydroxylation is 2. The van der Waals surface area contributed by atoms with E-state index in [1.807, 2.05) is 24.0 Å². The number of nitriles is 2. The van der Waals surface area contributed by atoms with Gasteiger partial charge < -0.3 is 4.90 Å². The highest BCUT2D eigenvalue weighted by Gasteiger charge is 2.25. The molecular formula is C22H24N6. The number of rotatable bonds is 2. The van der Waals surface area contributed by atoms with Crippen LogP contribution in [0.2, 0.25) is 0 Å². The van der Waals surface area contributed by atoms with Gasteiger partial charge in [-0.2, -0.15) is 15.6 Å². The van der Waals surface area contributed by atoms with Gasteiger partial charge >= 0.3 is 0 Å². The van der Waals surface area contributed by atoms with Gasteiger partial charge in [-0.3, -0.25) is 4.68 Å². The van der Waals surface area contributed by atoms with E-state index >= 15 is 0 Å². The second-order valence-corrected chi connectivity index (χ2v) is 7.51. The minimum Gasteiger partial charge on any atom is -0.351 e. The summed E-state index contributed by atoms with van der Waals surface area (Å²) in [5, 5.41) is 23.9. The van der Waals surface area contributed by atoms with Crippen LogP contribution >= 0.6 is 0 Å². The number of hydrogen-bond donors (Lipinski definition) is 0. The third kappa shape index (κ3) is 3.27. The Morgan fingerprint density at radius 1 is 1.00 bits per heavy atom. The molecule has 2 aromatic rings. The zero-order chi connectivity index (χ0) is 19.5. The van der Waals surface area contributed by atoms with Crippen LogP contribution in [0.15, 0.2) is 18.3 Å². The van der Waals surface area contributed by atoms with Gasteiger partial charge in [0.25, 0.3) is 0 Å². The lowest BCUT2D eigenvalue weighted by atomic mass is 9.91. The number of fused-ring (bicyclic) bond motifs is 1. The quantitative estimate of drug-likeness (QED) is 0.806. The third-order valence-electron chi connectivity index (χ3n) is 5.84. The van der Waals surface area contributed by atoms with Crippen molar-refractivity contribution in [3.63, 3.8) is 0 Å². The molecule has 4 rings (SSSR count). The van der Waals surface area contributed by atoms with Crippen molar-refractivity contribution >= 4 is 11.4 Å². The number of anilines is 1. The lowest BCUT2D eigenvalue weighted by Crippen LogP contribution is -2.31. The molecule has 6 nitrogen and oxygen atoms in total. The molecule has 2 aliphatic rings. The van der Waals surface area contributed by atoms with E-state index in [0.29, 0.717) is 23.5 Å². The fourth-order valence-electron chi connectivity index (χ4n) is 4.32. The van der Waals surface area contributed by atoms with Gasteiger partial charge in [0, 0.05) is 32.0 Å². The minimum absolute atomic E-state index is 0.444. The first-order chi connectivity index (χ1) is 13.7. The molecule has 3 heterocycles. The fraction of sp³-hybridized carbons (Fsp3) is 0.455. The van der Waals surface area contributed by atoms with Crippen LogP contribution in [0.1, 0.15) is 60.2 Å². The third-order valence-corrected chi connectivity index (χ3v) is 5.84. The Bertz CT molecular complexity index is 1000. The lowest BCUT2D eigenvalue weighted by molar-refractivity contribution is 0.607. The Kier molecular flexibility index (Phi) is 5.12. The summed E-state index contributed by atoms with van der Waals surface area (Å²) < 4.78 is 1.89. The highest BCUT2D eigenvalue weighted by Crippen LogP contribution is 2.32. The molecule has 0 saturated carbocycles. The van der Waals surface area contributed by atoms with Gasteiger partial charge in [-0.25, -0.2) is 4.98 Å². The Labute approximate surface area is 165 Å². The maximum atomic E-state index is 9.83. The average molecular weight is 372 g/mol. The monoisotopic (exact) mass is 372 g/mol. The normalized spacial score (nSPS) is 17.0. The highest BCUT2D eigenvalue weighted by atomic mass is 15.3. The van der Waals surface area contributed by atoms with Gasteiger partial charge in [-0.15, -0.1) is 0 Å². The standard InChI is InChI=1S/C22H24N6/c1-27-21(8-11-25-27)16-9-12-28(13-10-16)22-19(15-24)18(14-23)17-6-4-2-3-5-7-20(17)26-22/h8-9,11H,2-7,10,12-13H2,1H3. The van der Waals surface area contributed by atoms with E-state index < -0.39 is 0 Å². The molecule has 1 aliphatic heterocycles. The summed E-state index contributed by atoms with van der Waals surface area (Å²) in [5.74, 6) is 0.679. The Hall–Kier alpha value is -3.12. The minimum atomic E-state index is 0.444. The molecule has 6 heteroatoms. The molecule has 0 atom stereocenters. The van der Waals surface area contributed by atoms with Crippen molar-refractivity contribution in [1.82, 2.24) is 14.8 Å². The largest absolute Gasteiger partial charge is 0.351 e. The summed E-state index contributed by atoms with van der Waals surface area (Å²) in [6.07, 6.45) is 11.2. The number of pyridine rings is 1. The SMILES string of the molecule is Cn1nccc1C1=CCN(c2nc3c(c(C#N)c2C#N)CCCCCC3)CC1. The van der Waals surface area contributed by atoms with E-state index in [1.54, 1.807) is 0 Å². The second kappa shape index (κ2) is 7.86. The van der Waals surface area contributed by atoms with Crippen LogP contribution in [0.25, 0.3) is 5.57 Å². The van der Waals surface area contributed by atoms with E-state index in [2.05, 4.69) is 28.2 Å². The Morgan fingerprint density at radius 3 is 2.43 bits per heavy atom. The van der Waals surface area contributed by atoms with E-state index in [-0.39, 0.29) is 0 Å². The van der Waals surface area contributed by atoms with Crippen LogP contribution in [0.4, 0.5) is 5.82 Å². The van der Waals surface area contributed by atoms with Gasteiger partial charge in [0.05, 0.1) is 11.3 Å². The molecule has 0 unspecified atom stereocenters. The topological polar surface area (TPSA) is 81.5 Å². The molecule has 0 aromatic carbocycles. The molecule has 0 radical (unpaired) electrons. The summed E-state index contributed by atoms with van der Waals surface area (Å²) in [6, 6.07) is 6.64. The molecule has 0 amide bonds. The smallest absolute Gasteiger partial charge is 0.148 e. The maximum Gasteiger partial charge on any atom is 0.148 e. The van der Waals surface area contributed by atoms with Crippen LogP contribution < -0.4 is 4.90 Å². The predicted molar refractivity (Wildman–Crippen MR) is 108 cm³/mol. The van der Waals surface area contributed by atoms with Gasteiger partial charge in [0.2, 0.25) is 0 Å². The Balaban J connectivity index is 1.71. The molecule has 142 valence electrons. The van der Waals surface area contributed by atoms with E-state index in [0.717, 1.165) is 55.6 Å². The fourth-order valence-corrected chi connectivity index (χ4v) is 4.32. The van der Waals surface area contributed by atoms with Crippen molar-refractivity contribution in [2.45, 2.75) is 44.9 Å². The van der Waals surface area contributed by atoms with Crippen molar-refractivity contribution in [2.24, 2.45) is 7.05 Å². The van der Waals surface area contributed by atoms with Gasteiger partial charge in [0.1, 0.15) is 23.5 Å². The van der Waals surface area contributed by atoms with Crippen LogP contribution in [0, 0.1) is 22.7 Å². The predicted octanol–water partition coefficient (Wildman–Crippen LogP) is 3.51. The van der Waals surface area contributed by atoms with Crippen molar-refractivity contribution in [1.29, 1.82) is 10.5 Å². The summed E-state index contributed by atoms with van der Waals surface area (Å²) in [4.78, 5) is 7.07. The van der Waals surface area contributed by atoms with Crippen LogP contribution in [-0.2, 0) is 19.9 Å². The summed E-state index contributed by atoms with van der Waals surface area (Å²) in [6.45, 7) is 1.47. The van der Waals surface area contributed by atoms with Gasteiger partial charge in [0.15, 0.2) is 0 Å². The first-order valence-electron chi connectivity index (χ1n) is 10.0. The number of aromatic nitrogens is 3. The average Bonchev–Trinajstić information content (AvgIpc) is 3.13.